The molecule has 0 N–H and O–H groups in total. The van der Waals surface area contributed by atoms with Gasteiger partial charge >= 0.3 is 5.97 Å². The van der Waals surface area contributed by atoms with Crippen LogP contribution < -0.4 is 0 Å². The van der Waals surface area contributed by atoms with E-state index in [0.29, 0.717) is 17.8 Å². The number of carbonyl (C=O) groups excluding carboxylic acids is 1. The van der Waals surface area contributed by atoms with E-state index >= 15 is 0 Å². The number of hydrogen-bond acceptors (Lipinski definition) is 6. The first-order valence-corrected chi connectivity index (χ1v) is 7.57. The number of aromatic nitrogens is 4. The molecule has 0 unspecified atom stereocenters. The molecular formula is C15H14N4O2S. The molecule has 7 heteroatoms. The van der Waals surface area contributed by atoms with Gasteiger partial charge in [-0.15, -0.1) is 0 Å². The minimum Gasteiger partial charge on any atom is -0.452 e. The highest BCUT2D eigenvalue weighted by Crippen LogP contribution is 2.22. The molecule has 22 heavy (non-hydrogen) atoms. The molecule has 0 spiro atoms. The van der Waals surface area contributed by atoms with Crippen molar-refractivity contribution in [2.75, 3.05) is 0 Å². The van der Waals surface area contributed by atoms with Crippen molar-refractivity contribution in [3.8, 4) is 0 Å². The number of carbonyl (C=O) groups is 1. The van der Waals surface area contributed by atoms with E-state index in [9.17, 15) is 4.79 Å². The Morgan fingerprint density at radius 1 is 1.36 bits per heavy atom. The summed E-state index contributed by atoms with van der Waals surface area (Å²) in [6.45, 7) is 2.20. The Morgan fingerprint density at radius 2 is 2.18 bits per heavy atom. The number of nitrogens with zero attached hydrogens (tertiary/aromatic N) is 4. The van der Waals surface area contributed by atoms with Crippen molar-refractivity contribution in [1.82, 2.24) is 19.1 Å². The summed E-state index contributed by atoms with van der Waals surface area (Å²) >= 11 is 1.24. The van der Waals surface area contributed by atoms with Gasteiger partial charge in [-0.25, -0.2) is 14.5 Å². The van der Waals surface area contributed by atoms with E-state index in [0.717, 1.165) is 5.56 Å². The molecule has 0 aliphatic rings. The van der Waals surface area contributed by atoms with Crippen molar-refractivity contribution in [3.05, 3.63) is 65.2 Å². The Kier molecular flexibility index (Phi) is 4.24. The summed E-state index contributed by atoms with van der Waals surface area (Å²) in [4.78, 5) is 16.3. The zero-order valence-electron chi connectivity index (χ0n) is 11.9. The van der Waals surface area contributed by atoms with Gasteiger partial charge in [-0.1, -0.05) is 30.3 Å². The van der Waals surface area contributed by atoms with Crippen LogP contribution >= 0.6 is 11.5 Å². The summed E-state index contributed by atoms with van der Waals surface area (Å²) in [7, 11) is 0. The first-order chi connectivity index (χ1) is 10.7. The molecule has 2 aromatic heterocycles. The van der Waals surface area contributed by atoms with Crippen molar-refractivity contribution in [3.63, 3.8) is 0 Å². The quantitative estimate of drug-likeness (QED) is 0.677. The highest BCUT2D eigenvalue weighted by Gasteiger charge is 2.21. The predicted octanol–water partition coefficient (Wildman–Crippen LogP) is 2.64. The van der Waals surface area contributed by atoms with Crippen LogP contribution in [0.3, 0.4) is 0 Å². The minimum absolute atomic E-state index is 0.375. The molecule has 0 aliphatic heterocycles. The summed E-state index contributed by atoms with van der Waals surface area (Å²) in [6.07, 6.45) is 2.62. The van der Waals surface area contributed by atoms with Crippen molar-refractivity contribution in [1.29, 1.82) is 0 Å². The molecule has 0 aliphatic carbocycles. The van der Waals surface area contributed by atoms with Gasteiger partial charge in [0.1, 0.15) is 18.8 Å². The lowest BCUT2D eigenvalue weighted by atomic mass is 10.1. The Balaban J connectivity index is 1.82. The molecule has 3 aromatic rings. The van der Waals surface area contributed by atoms with Crippen molar-refractivity contribution in [2.24, 2.45) is 0 Å². The molecule has 3 rings (SSSR count). The van der Waals surface area contributed by atoms with E-state index in [1.54, 1.807) is 23.3 Å². The van der Waals surface area contributed by atoms with Crippen LogP contribution in [0.5, 0.6) is 0 Å². The third kappa shape index (κ3) is 3.20. The van der Waals surface area contributed by atoms with Crippen LogP contribution in [-0.4, -0.2) is 25.1 Å². The third-order valence-electron chi connectivity index (χ3n) is 3.21. The van der Waals surface area contributed by atoms with Crippen LogP contribution in [0, 0.1) is 6.92 Å². The number of rotatable bonds is 5. The molecule has 0 bridgehead atoms. The molecule has 0 fully saturated rings. The average molecular weight is 314 g/mol. The van der Waals surface area contributed by atoms with Crippen LogP contribution in [0.25, 0.3) is 0 Å². The Morgan fingerprint density at radius 3 is 2.82 bits per heavy atom. The Hall–Kier alpha value is -2.54. The average Bonchev–Trinajstić information content (AvgIpc) is 3.19. The largest absolute Gasteiger partial charge is 0.452 e. The van der Waals surface area contributed by atoms with Crippen LogP contribution in [0.1, 0.15) is 27.7 Å². The van der Waals surface area contributed by atoms with E-state index in [1.165, 1.54) is 17.9 Å². The van der Waals surface area contributed by atoms with Gasteiger partial charge < -0.3 is 4.74 Å². The maximum atomic E-state index is 12.3. The van der Waals surface area contributed by atoms with Gasteiger partial charge in [0.25, 0.3) is 0 Å². The second kappa shape index (κ2) is 6.48. The molecule has 0 saturated heterocycles. The zero-order chi connectivity index (χ0) is 15.4. The lowest BCUT2D eigenvalue weighted by molar-refractivity contribution is 0.0246. The normalized spacial score (nSPS) is 12.0. The van der Waals surface area contributed by atoms with E-state index < -0.39 is 6.10 Å². The Labute approximate surface area is 131 Å². The van der Waals surface area contributed by atoms with Gasteiger partial charge in [-0.05, 0) is 24.0 Å². The summed E-state index contributed by atoms with van der Waals surface area (Å²) in [6, 6.07) is 9.59. The van der Waals surface area contributed by atoms with Crippen LogP contribution in [0.15, 0.2) is 48.4 Å². The predicted molar refractivity (Wildman–Crippen MR) is 81.5 cm³/mol. The molecule has 6 nitrogen and oxygen atoms in total. The van der Waals surface area contributed by atoms with Gasteiger partial charge in [0.05, 0.1) is 17.8 Å². The van der Waals surface area contributed by atoms with Crippen LogP contribution in [-0.2, 0) is 11.3 Å². The molecule has 0 amide bonds. The number of hydrogen-bond donors (Lipinski definition) is 0. The minimum atomic E-state index is -0.435. The number of aryl methyl sites for hydroxylation is 1. The smallest absolute Gasteiger partial charge is 0.341 e. The summed E-state index contributed by atoms with van der Waals surface area (Å²) < 4.78 is 11.4. The molecule has 0 saturated carbocycles. The van der Waals surface area contributed by atoms with E-state index in [4.69, 9.17) is 4.74 Å². The van der Waals surface area contributed by atoms with Crippen molar-refractivity contribution in [2.45, 2.75) is 19.6 Å². The molecule has 1 aromatic carbocycles. The molecular weight excluding hydrogens is 300 g/mol. The third-order valence-corrected chi connectivity index (χ3v) is 3.93. The standard InChI is InChI=1S/C15H14N4O2S/c1-11-13(8-22-18-11)15(20)21-14(7-19-10-16-9-17-19)12-5-3-2-4-6-12/h2-6,8-10,14H,7H2,1H3/t14-/m1/s1. The maximum absolute atomic E-state index is 12.3. The van der Waals surface area contributed by atoms with Gasteiger partial charge in [0, 0.05) is 5.38 Å². The first kappa shape index (κ1) is 14.4. The fraction of sp³-hybridized carbons (Fsp3) is 0.200. The highest BCUT2D eigenvalue weighted by molar-refractivity contribution is 7.03. The fourth-order valence-corrected chi connectivity index (χ4v) is 2.74. The molecule has 0 radical (unpaired) electrons. The summed E-state index contributed by atoms with van der Waals surface area (Å²) in [5, 5.41) is 5.78. The lowest BCUT2D eigenvalue weighted by Crippen LogP contribution is -2.17. The zero-order valence-corrected chi connectivity index (χ0v) is 12.7. The monoisotopic (exact) mass is 314 g/mol. The van der Waals surface area contributed by atoms with Gasteiger partial charge in [-0.2, -0.15) is 9.47 Å². The van der Waals surface area contributed by atoms with E-state index in [-0.39, 0.29) is 5.97 Å². The lowest BCUT2D eigenvalue weighted by Gasteiger charge is -2.18. The van der Waals surface area contributed by atoms with Gasteiger partial charge in [-0.3, -0.25) is 0 Å². The second-order valence-corrected chi connectivity index (χ2v) is 5.36. The van der Waals surface area contributed by atoms with Crippen LogP contribution in [0.4, 0.5) is 0 Å². The second-order valence-electron chi connectivity index (χ2n) is 4.74. The summed E-state index contributed by atoms with van der Waals surface area (Å²) in [5.41, 5.74) is 2.10. The van der Waals surface area contributed by atoms with E-state index in [1.807, 2.05) is 30.3 Å². The highest BCUT2D eigenvalue weighted by atomic mass is 32.1. The van der Waals surface area contributed by atoms with Gasteiger partial charge in [0.15, 0.2) is 0 Å². The topological polar surface area (TPSA) is 69.9 Å². The number of ether oxygens (including phenoxy) is 1. The number of esters is 1. The maximum Gasteiger partial charge on any atom is 0.341 e. The molecule has 2 heterocycles. The SMILES string of the molecule is Cc1nscc1C(=O)O[C@H](Cn1cncn1)c1ccccc1. The van der Waals surface area contributed by atoms with Crippen molar-refractivity contribution >= 4 is 17.5 Å². The fourth-order valence-electron chi connectivity index (χ4n) is 2.06. The molecule has 112 valence electrons. The van der Waals surface area contributed by atoms with Crippen molar-refractivity contribution < 1.29 is 9.53 Å². The Bertz CT molecular complexity index is 740. The van der Waals surface area contributed by atoms with E-state index in [2.05, 4.69) is 14.5 Å². The number of benzene rings is 1. The van der Waals surface area contributed by atoms with Crippen LogP contribution in [0.2, 0.25) is 0 Å². The first-order valence-electron chi connectivity index (χ1n) is 6.73. The molecule has 1 atom stereocenters. The van der Waals surface area contributed by atoms with Gasteiger partial charge in [0.2, 0.25) is 0 Å². The summed E-state index contributed by atoms with van der Waals surface area (Å²) in [5.74, 6) is -0.375.